The van der Waals surface area contributed by atoms with Gasteiger partial charge in [0.05, 0.1) is 7.11 Å². The third kappa shape index (κ3) is 2.95. The molecule has 22 heavy (non-hydrogen) atoms. The van der Waals surface area contributed by atoms with Crippen molar-refractivity contribution < 1.29 is 4.74 Å². The number of aromatic nitrogens is 2. The summed E-state index contributed by atoms with van der Waals surface area (Å²) in [7, 11) is 1.62. The summed E-state index contributed by atoms with van der Waals surface area (Å²) in [6.45, 7) is 0. The van der Waals surface area contributed by atoms with E-state index < -0.39 is 0 Å². The van der Waals surface area contributed by atoms with Crippen LogP contribution in [0.5, 0.6) is 5.88 Å². The van der Waals surface area contributed by atoms with Crippen LogP contribution in [0.3, 0.4) is 0 Å². The SMILES string of the molecule is COc1ncncc1[C@@H](c1ccccc1)c1ccc(Cl)cc1. The maximum Gasteiger partial charge on any atom is 0.220 e. The lowest BCUT2D eigenvalue weighted by molar-refractivity contribution is 0.390. The number of hydrogen-bond donors (Lipinski definition) is 0. The molecular weight excluding hydrogens is 296 g/mol. The molecule has 1 heterocycles. The highest BCUT2D eigenvalue weighted by Gasteiger charge is 2.21. The van der Waals surface area contributed by atoms with Gasteiger partial charge in [0, 0.05) is 22.7 Å². The fourth-order valence-corrected chi connectivity index (χ4v) is 2.68. The zero-order valence-corrected chi connectivity index (χ0v) is 12.9. The van der Waals surface area contributed by atoms with Gasteiger partial charge in [-0.25, -0.2) is 9.97 Å². The molecule has 0 radical (unpaired) electrons. The Balaban J connectivity index is 2.17. The maximum absolute atomic E-state index is 6.02. The largest absolute Gasteiger partial charge is 0.481 e. The van der Waals surface area contributed by atoms with Gasteiger partial charge in [-0.05, 0) is 23.3 Å². The molecule has 0 fully saturated rings. The second-order valence-corrected chi connectivity index (χ2v) is 5.32. The molecule has 0 aliphatic carbocycles. The second kappa shape index (κ2) is 6.58. The van der Waals surface area contributed by atoms with Crippen molar-refractivity contribution in [3.63, 3.8) is 0 Å². The first-order valence-corrected chi connectivity index (χ1v) is 7.31. The number of hydrogen-bond acceptors (Lipinski definition) is 3. The number of rotatable bonds is 4. The van der Waals surface area contributed by atoms with Gasteiger partial charge in [0.1, 0.15) is 6.33 Å². The van der Waals surface area contributed by atoms with Gasteiger partial charge in [-0.2, -0.15) is 0 Å². The normalized spacial score (nSPS) is 11.9. The Morgan fingerprint density at radius 3 is 2.32 bits per heavy atom. The molecule has 1 atom stereocenters. The third-order valence-corrected chi connectivity index (χ3v) is 3.79. The molecule has 110 valence electrons. The molecule has 4 heteroatoms. The minimum Gasteiger partial charge on any atom is -0.481 e. The van der Waals surface area contributed by atoms with E-state index in [1.165, 1.54) is 6.33 Å². The van der Waals surface area contributed by atoms with Crippen molar-refractivity contribution in [1.82, 2.24) is 9.97 Å². The Morgan fingerprint density at radius 2 is 1.64 bits per heavy atom. The first kappa shape index (κ1) is 14.5. The lowest BCUT2D eigenvalue weighted by Crippen LogP contribution is -2.07. The Bertz CT molecular complexity index is 745. The Hall–Kier alpha value is -2.39. The van der Waals surface area contributed by atoms with Crippen molar-refractivity contribution in [3.8, 4) is 5.88 Å². The van der Waals surface area contributed by atoms with Crippen molar-refractivity contribution in [2.75, 3.05) is 7.11 Å². The first-order chi connectivity index (χ1) is 10.8. The molecular formula is C18H15ClN2O. The van der Waals surface area contributed by atoms with Crippen LogP contribution in [-0.4, -0.2) is 17.1 Å². The predicted octanol–water partition coefficient (Wildman–Crippen LogP) is 4.32. The van der Waals surface area contributed by atoms with E-state index in [9.17, 15) is 0 Å². The summed E-state index contributed by atoms with van der Waals surface area (Å²) in [5.41, 5.74) is 3.19. The summed E-state index contributed by atoms with van der Waals surface area (Å²) in [6, 6.07) is 18.0. The van der Waals surface area contributed by atoms with Gasteiger partial charge in [-0.3, -0.25) is 0 Å². The smallest absolute Gasteiger partial charge is 0.220 e. The highest BCUT2D eigenvalue weighted by atomic mass is 35.5. The number of halogens is 1. The fourth-order valence-electron chi connectivity index (χ4n) is 2.55. The van der Waals surface area contributed by atoms with E-state index in [0.29, 0.717) is 10.9 Å². The maximum atomic E-state index is 6.02. The van der Waals surface area contributed by atoms with E-state index in [0.717, 1.165) is 16.7 Å². The summed E-state index contributed by atoms with van der Waals surface area (Å²) in [6.07, 6.45) is 3.30. The molecule has 0 saturated heterocycles. The van der Waals surface area contributed by atoms with E-state index in [2.05, 4.69) is 22.1 Å². The van der Waals surface area contributed by atoms with Crippen LogP contribution >= 0.6 is 11.6 Å². The van der Waals surface area contributed by atoms with E-state index in [1.54, 1.807) is 13.3 Å². The fraction of sp³-hybridized carbons (Fsp3) is 0.111. The van der Waals surface area contributed by atoms with Crippen molar-refractivity contribution in [3.05, 3.63) is 88.8 Å². The van der Waals surface area contributed by atoms with Crippen LogP contribution in [0.1, 0.15) is 22.6 Å². The number of benzene rings is 2. The molecule has 0 bridgehead atoms. The highest BCUT2D eigenvalue weighted by Crippen LogP contribution is 2.35. The van der Waals surface area contributed by atoms with Gasteiger partial charge in [0.15, 0.2) is 0 Å². The molecule has 0 aliphatic rings. The zero-order chi connectivity index (χ0) is 15.4. The van der Waals surface area contributed by atoms with Crippen molar-refractivity contribution >= 4 is 11.6 Å². The predicted molar refractivity (Wildman–Crippen MR) is 87.4 cm³/mol. The topological polar surface area (TPSA) is 35.0 Å². The number of methoxy groups -OCH3 is 1. The molecule has 0 amide bonds. The molecule has 3 aromatic rings. The second-order valence-electron chi connectivity index (χ2n) is 4.88. The van der Waals surface area contributed by atoms with Gasteiger partial charge in [-0.1, -0.05) is 54.1 Å². The van der Waals surface area contributed by atoms with Crippen LogP contribution < -0.4 is 4.74 Å². The Labute approximate surface area is 134 Å². The number of ether oxygens (including phenoxy) is 1. The van der Waals surface area contributed by atoms with E-state index >= 15 is 0 Å². The summed E-state index contributed by atoms with van der Waals surface area (Å²) < 4.78 is 5.42. The summed E-state index contributed by atoms with van der Waals surface area (Å²) in [5.74, 6) is 0.577. The van der Waals surface area contributed by atoms with Crippen molar-refractivity contribution in [2.45, 2.75) is 5.92 Å². The van der Waals surface area contributed by atoms with Crippen LogP contribution in [0, 0.1) is 0 Å². The third-order valence-electron chi connectivity index (χ3n) is 3.54. The van der Waals surface area contributed by atoms with Crippen LogP contribution in [0.15, 0.2) is 67.1 Å². The minimum absolute atomic E-state index is 0.00498. The molecule has 3 rings (SSSR count). The van der Waals surface area contributed by atoms with Crippen LogP contribution in [0.2, 0.25) is 5.02 Å². The lowest BCUT2D eigenvalue weighted by Gasteiger charge is -2.20. The minimum atomic E-state index is -0.00498. The lowest BCUT2D eigenvalue weighted by atomic mass is 9.86. The monoisotopic (exact) mass is 310 g/mol. The van der Waals surface area contributed by atoms with Crippen LogP contribution in [0.4, 0.5) is 0 Å². The highest BCUT2D eigenvalue weighted by molar-refractivity contribution is 6.30. The van der Waals surface area contributed by atoms with Gasteiger partial charge in [-0.15, -0.1) is 0 Å². The van der Waals surface area contributed by atoms with E-state index in [4.69, 9.17) is 16.3 Å². The molecule has 0 saturated carbocycles. The molecule has 2 aromatic carbocycles. The van der Waals surface area contributed by atoms with Gasteiger partial charge >= 0.3 is 0 Å². The van der Waals surface area contributed by atoms with Crippen molar-refractivity contribution in [2.24, 2.45) is 0 Å². The summed E-state index contributed by atoms with van der Waals surface area (Å²) >= 11 is 6.02. The van der Waals surface area contributed by atoms with E-state index in [-0.39, 0.29) is 5.92 Å². The Kier molecular flexibility index (Phi) is 4.35. The average molecular weight is 311 g/mol. The molecule has 0 aliphatic heterocycles. The van der Waals surface area contributed by atoms with Crippen LogP contribution in [-0.2, 0) is 0 Å². The van der Waals surface area contributed by atoms with Crippen molar-refractivity contribution in [1.29, 1.82) is 0 Å². The van der Waals surface area contributed by atoms with Gasteiger partial charge < -0.3 is 4.74 Å². The van der Waals surface area contributed by atoms with E-state index in [1.807, 2.05) is 42.5 Å². The molecule has 1 aromatic heterocycles. The zero-order valence-electron chi connectivity index (χ0n) is 12.1. The summed E-state index contributed by atoms with van der Waals surface area (Å²) in [4.78, 5) is 8.39. The average Bonchev–Trinajstić information content (AvgIpc) is 2.58. The first-order valence-electron chi connectivity index (χ1n) is 6.94. The number of nitrogens with zero attached hydrogens (tertiary/aromatic N) is 2. The Morgan fingerprint density at radius 1 is 0.955 bits per heavy atom. The quantitative estimate of drug-likeness (QED) is 0.720. The molecule has 0 N–H and O–H groups in total. The van der Waals surface area contributed by atoms with Crippen LogP contribution in [0.25, 0.3) is 0 Å². The molecule has 0 spiro atoms. The van der Waals surface area contributed by atoms with Gasteiger partial charge in [0.2, 0.25) is 5.88 Å². The van der Waals surface area contributed by atoms with Gasteiger partial charge in [0.25, 0.3) is 0 Å². The molecule has 0 unspecified atom stereocenters. The summed E-state index contributed by atoms with van der Waals surface area (Å²) in [5, 5.41) is 0.715. The standard InChI is InChI=1S/C18H15ClN2O/c1-22-18-16(11-20-12-21-18)17(13-5-3-2-4-6-13)14-7-9-15(19)10-8-14/h2-12,17H,1H3/t17-/m0/s1. The molecule has 3 nitrogen and oxygen atoms in total.